The van der Waals surface area contributed by atoms with E-state index in [0.29, 0.717) is 0 Å². The minimum absolute atomic E-state index is 0.0992. The van der Waals surface area contributed by atoms with Crippen molar-refractivity contribution in [1.29, 1.82) is 0 Å². The van der Waals surface area contributed by atoms with E-state index in [1.807, 2.05) is 0 Å². The zero-order valence-electron chi connectivity index (χ0n) is 6.99. The minimum Gasteiger partial charge on any atom is -0.755 e. The average molecular weight is 215 g/mol. The molecule has 0 aromatic rings. The van der Waals surface area contributed by atoms with Gasteiger partial charge in [-0.2, -0.15) is 0 Å². The van der Waals surface area contributed by atoms with Gasteiger partial charge in [0.05, 0.1) is 0 Å². The Bertz CT molecular complexity index is 340. The first-order valence-corrected chi connectivity index (χ1v) is 4.92. The van der Waals surface area contributed by atoms with Gasteiger partial charge in [0.25, 0.3) is 0 Å². The Morgan fingerprint density at radius 1 is 1.57 bits per heavy atom. The van der Waals surface area contributed by atoms with E-state index in [2.05, 4.69) is 19.7 Å². The maximum Gasteiger partial charge on any atom is 0.190 e. The zero-order valence-corrected chi connectivity index (χ0v) is 7.81. The molecule has 3 atom stereocenters. The molecule has 0 amide bonds. The van der Waals surface area contributed by atoms with Crippen molar-refractivity contribution >= 4 is 29.5 Å². The van der Waals surface area contributed by atoms with Crippen LogP contribution in [0.2, 0.25) is 0 Å². The predicted molar refractivity (Wildman–Crippen MR) is 50.0 cm³/mol. The van der Waals surface area contributed by atoms with E-state index in [0.717, 1.165) is 0 Å². The van der Waals surface area contributed by atoms with Crippen molar-refractivity contribution in [3.63, 3.8) is 0 Å². The van der Waals surface area contributed by atoms with Crippen molar-refractivity contribution in [2.45, 2.75) is 12.4 Å². The van der Waals surface area contributed by atoms with Crippen LogP contribution in [-0.4, -0.2) is 46.0 Å². The fraction of sp³-hybridized carbons (Fsp3) is 0.500. The third-order valence-electron chi connectivity index (χ3n) is 1.67. The molecule has 0 radical (unpaired) electrons. The highest BCUT2D eigenvalue weighted by Crippen LogP contribution is 2.13. The number of ether oxygens (including phenoxy) is 1. The molecule has 3 unspecified atom stereocenters. The van der Waals surface area contributed by atoms with E-state index in [1.54, 1.807) is 0 Å². The van der Waals surface area contributed by atoms with Crippen molar-refractivity contribution in [3.8, 4) is 0 Å². The normalized spacial score (nSPS) is 31.9. The molecule has 0 spiro atoms. The van der Waals surface area contributed by atoms with Crippen LogP contribution in [0, 0.1) is 0 Å². The maximum absolute atomic E-state index is 10.3. The molecule has 2 aliphatic rings. The first kappa shape index (κ1) is 9.44. The number of hydrogen-bond acceptors (Lipinski definition) is 6. The number of aliphatic imine (C=N–C) groups is 3. The fourth-order valence-corrected chi connectivity index (χ4v) is 1.44. The van der Waals surface area contributed by atoms with Crippen molar-refractivity contribution in [2.24, 2.45) is 15.0 Å². The molecule has 0 aromatic heterocycles. The number of nitrogens with one attached hydrogen (secondary N) is 1. The molecule has 0 fully saturated rings. The van der Waals surface area contributed by atoms with Gasteiger partial charge >= 0.3 is 0 Å². The lowest BCUT2D eigenvalue weighted by molar-refractivity contribution is 0.0590. The van der Waals surface area contributed by atoms with Crippen molar-refractivity contribution in [3.05, 3.63) is 0 Å². The molecule has 14 heavy (non-hydrogen) atoms. The molecule has 2 rings (SSSR count). The molecule has 0 aromatic carbocycles. The van der Waals surface area contributed by atoms with Gasteiger partial charge in [0.1, 0.15) is 12.4 Å². The van der Waals surface area contributed by atoms with Crippen LogP contribution in [0.1, 0.15) is 0 Å². The lowest BCUT2D eigenvalue weighted by atomic mass is 10.3. The van der Waals surface area contributed by atoms with Gasteiger partial charge in [-0.1, -0.05) is 0 Å². The third-order valence-corrected chi connectivity index (χ3v) is 2.08. The van der Waals surface area contributed by atoms with E-state index in [-0.39, 0.29) is 12.4 Å². The highest BCUT2D eigenvalue weighted by Gasteiger charge is 2.26. The Morgan fingerprint density at radius 2 is 2.36 bits per heavy atom. The monoisotopic (exact) mass is 215 g/mol. The van der Waals surface area contributed by atoms with Gasteiger partial charge in [-0.05, 0) is 0 Å². The number of hydrogen-bond donors (Lipinski definition) is 1. The highest BCUT2D eigenvalue weighted by atomic mass is 32.2. The number of nitrogens with zero attached hydrogens (tertiary/aromatic N) is 3. The van der Waals surface area contributed by atoms with Gasteiger partial charge in [-0.25, -0.2) is 4.99 Å². The number of fused-ring (bicyclic) bond motifs is 1. The van der Waals surface area contributed by atoms with E-state index < -0.39 is 23.7 Å². The lowest BCUT2D eigenvalue weighted by Crippen LogP contribution is -2.41. The molecular formula is C6H7N4O3S-. The van der Waals surface area contributed by atoms with Gasteiger partial charge in [0, 0.05) is 23.7 Å². The molecule has 0 aliphatic carbocycles. The van der Waals surface area contributed by atoms with Gasteiger partial charge in [-0.15, -0.1) is 0 Å². The second kappa shape index (κ2) is 3.95. The van der Waals surface area contributed by atoms with Crippen LogP contribution in [0.4, 0.5) is 0 Å². The lowest BCUT2D eigenvalue weighted by Gasteiger charge is -2.26. The van der Waals surface area contributed by atoms with E-state index in [4.69, 9.17) is 4.74 Å². The summed E-state index contributed by atoms with van der Waals surface area (Å²) >= 11 is -2.38. The van der Waals surface area contributed by atoms with Crippen LogP contribution in [0.25, 0.3) is 0 Å². The van der Waals surface area contributed by atoms with E-state index in [1.165, 1.54) is 12.4 Å². The maximum atomic E-state index is 10.3. The van der Waals surface area contributed by atoms with Crippen LogP contribution in [0.3, 0.4) is 0 Å². The van der Waals surface area contributed by atoms with Crippen LogP contribution in [0.15, 0.2) is 15.0 Å². The summed E-state index contributed by atoms with van der Waals surface area (Å²) in [7, 11) is 0. The summed E-state index contributed by atoms with van der Waals surface area (Å²) in [4.78, 5) is 12.0. The highest BCUT2D eigenvalue weighted by molar-refractivity contribution is 7.77. The Hall–Kier alpha value is -1.12. The summed E-state index contributed by atoms with van der Waals surface area (Å²) < 4.78 is 28.0. The fourth-order valence-electron chi connectivity index (χ4n) is 1.14. The van der Waals surface area contributed by atoms with Gasteiger partial charge in [0.15, 0.2) is 12.4 Å². The summed E-state index contributed by atoms with van der Waals surface area (Å²) in [6.07, 6.45) is 2.14. The second-order valence-electron chi connectivity index (χ2n) is 2.62. The summed E-state index contributed by atoms with van der Waals surface area (Å²) in [5.41, 5.74) is 0. The molecular weight excluding hydrogens is 208 g/mol. The summed E-state index contributed by atoms with van der Waals surface area (Å²) in [6, 6.07) is 0. The van der Waals surface area contributed by atoms with Crippen LogP contribution < -0.4 is 4.72 Å². The van der Waals surface area contributed by atoms with E-state index >= 15 is 0 Å². The molecule has 0 bridgehead atoms. The van der Waals surface area contributed by atoms with Gasteiger partial charge in [-0.3, -0.25) is 14.2 Å². The predicted octanol–water partition coefficient (Wildman–Crippen LogP) is -1.39. The van der Waals surface area contributed by atoms with Crippen molar-refractivity contribution in [1.82, 2.24) is 4.72 Å². The summed E-state index contributed by atoms with van der Waals surface area (Å²) in [6.45, 7) is 0.0992. The SMILES string of the molecule is O=S([O-])NC1=NC2N=CC=NC2OC1. The minimum atomic E-state index is -2.38. The third kappa shape index (κ3) is 2.03. The number of amidine groups is 1. The van der Waals surface area contributed by atoms with Crippen LogP contribution >= 0.6 is 0 Å². The zero-order chi connectivity index (χ0) is 9.97. The van der Waals surface area contributed by atoms with Gasteiger partial charge in [0.2, 0.25) is 0 Å². The second-order valence-corrected chi connectivity index (χ2v) is 3.30. The molecule has 7 nitrogen and oxygen atoms in total. The molecule has 0 saturated heterocycles. The quantitative estimate of drug-likeness (QED) is 0.545. The first-order valence-electron chi connectivity index (χ1n) is 3.85. The molecule has 2 heterocycles. The van der Waals surface area contributed by atoms with Crippen LogP contribution in [-0.2, 0) is 16.0 Å². The Kier molecular flexibility index (Phi) is 2.66. The standard InChI is InChI=1S/C6H8N4O3S/c11-14(12)10-4-3-13-6-5(9-4)7-1-2-8-6/h1-2,5-6H,3H2,(H,9,10)(H,11,12)/p-1. The molecule has 0 saturated carbocycles. The smallest absolute Gasteiger partial charge is 0.190 e. The molecule has 76 valence electrons. The van der Waals surface area contributed by atoms with E-state index in [9.17, 15) is 8.76 Å². The first-order chi connectivity index (χ1) is 6.75. The Labute approximate surface area is 82.4 Å². The largest absolute Gasteiger partial charge is 0.755 e. The molecule has 1 N–H and O–H groups in total. The van der Waals surface area contributed by atoms with Crippen molar-refractivity contribution < 1.29 is 13.5 Å². The summed E-state index contributed by atoms with van der Waals surface area (Å²) in [5.74, 6) is 0.244. The topological polar surface area (TPSA) is 98.5 Å². The summed E-state index contributed by atoms with van der Waals surface area (Å²) in [5, 5.41) is 0. The Balaban J connectivity index is 2.09. The Morgan fingerprint density at radius 3 is 3.14 bits per heavy atom. The average Bonchev–Trinajstić information content (AvgIpc) is 2.17. The molecule has 2 aliphatic heterocycles. The van der Waals surface area contributed by atoms with Crippen LogP contribution in [0.5, 0.6) is 0 Å². The van der Waals surface area contributed by atoms with Crippen molar-refractivity contribution in [2.75, 3.05) is 6.61 Å². The molecule has 8 heteroatoms. The number of rotatable bonds is 1. The van der Waals surface area contributed by atoms with Gasteiger partial charge < -0.3 is 14.0 Å².